The molecule has 15 heavy (non-hydrogen) atoms. The SMILES string of the molecule is COc1cc(CC(C)(C)C)c(Cl)cc1F. The third-order valence-electron chi connectivity index (χ3n) is 2.04. The van der Waals surface area contributed by atoms with Crippen LogP contribution in [0.5, 0.6) is 5.75 Å². The summed E-state index contributed by atoms with van der Waals surface area (Å²) < 4.78 is 18.2. The van der Waals surface area contributed by atoms with Gasteiger partial charge >= 0.3 is 0 Å². The van der Waals surface area contributed by atoms with E-state index in [0.29, 0.717) is 5.02 Å². The Morgan fingerprint density at radius 1 is 1.33 bits per heavy atom. The molecule has 0 heterocycles. The van der Waals surface area contributed by atoms with E-state index in [1.165, 1.54) is 13.2 Å². The van der Waals surface area contributed by atoms with Gasteiger partial charge in [0.15, 0.2) is 11.6 Å². The molecule has 0 saturated heterocycles. The van der Waals surface area contributed by atoms with Crippen LogP contribution in [-0.2, 0) is 6.42 Å². The van der Waals surface area contributed by atoms with Gasteiger partial charge in [0.05, 0.1) is 7.11 Å². The Kier molecular flexibility index (Phi) is 3.61. The van der Waals surface area contributed by atoms with E-state index in [2.05, 4.69) is 20.8 Å². The van der Waals surface area contributed by atoms with Crippen molar-refractivity contribution in [3.05, 3.63) is 28.5 Å². The van der Waals surface area contributed by atoms with Crippen molar-refractivity contribution in [2.24, 2.45) is 5.41 Å². The molecule has 0 amide bonds. The van der Waals surface area contributed by atoms with Crippen molar-refractivity contribution in [2.75, 3.05) is 7.11 Å². The average Bonchev–Trinajstić information content (AvgIpc) is 2.07. The van der Waals surface area contributed by atoms with Crippen molar-refractivity contribution in [3.8, 4) is 5.75 Å². The standard InChI is InChI=1S/C12H16ClFO/c1-12(2,3)7-8-5-11(15-4)10(14)6-9(8)13/h5-6H,7H2,1-4H3. The topological polar surface area (TPSA) is 9.23 Å². The zero-order valence-electron chi connectivity index (χ0n) is 9.53. The summed E-state index contributed by atoms with van der Waals surface area (Å²) in [6.45, 7) is 6.33. The number of ether oxygens (including phenoxy) is 1. The van der Waals surface area contributed by atoms with Crippen LogP contribution in [0.15, 0.2) is 12.1 Å². The Bertz CT molecular complexity index is 355. The highest BCUT2D eigenvalue weighted by Crippen LogP contribution is 2.30. The molecule has 1 aromatic rings. The molecule has 0 atom stereocenters. The molecule has 84 valence electrons. The van der Waals surface area contributed by atoms with Gasteiger partial charge in [0.1, 0.15) is 0 Å². The van der Waals surface area contributed by atoms with E-state index in [9.17, 15) is 4.39 Å². The second kappa shape index (κ2) is 4.40. The first kappa shape index (κ1) is 12.3. The van der Waals surface area contributed by atoms with Crippen LogP contribution in [0, 0.1) is 11.2 Å². The predicted molar refractivity (Wildman–Crippen MR) is 61.1 cm³/mol. The van der Waals surface area contributed by atoms with Gasteiger partial charge in [-0.1, -0.05) is 32.4 Å². The molecule has 0 N–H and O–H groups in total. The van der Waals surface area contributed by atoms with Crippen molar-refractivity contribution in [2.45, 2.75) is 27.2 Å². The quantitative estimate of drug-likeness (QED) is 0.744. The molecule has 0 unspecified atom stereocenters. The minimum Gasteiger partial charge on any atom is -0.494 e. The van der Waals surface area contributed by atoms with Gasteiger partial charge in [-0.3, -0.25) is 0 Å². The molecule has 0 radical (unpaired) electrons. The maximum atomic E-state index is 13.3. The summed E-state index contributed by atoms with van der Waals surface area (Å²) >= 11 is 5.97. The van der Waals surface area contributed by atoms with Crippen LogP contribution in [0.25, 0.3) is 0 Å². The van der Waals surface area contributed by atoms with E-state index >= 15 is 0 Å². The predicted octanol–water partition coefficient (Wildman–Crippen LogP) is 4.08. The number of benzene rings is 1. The second-order valence-electron chi connectivity index (χ2n) is 4.82. The van der Waals surface area contributed by atoms with Gasteiger partial charge in [0.25, 0.3) is 0 Å². The van der Waals surface area contributed by atoms with E-state index in [1.807, 2.05) is 0 Å². The maximum absolute atomic E-state index is 13.3. The molecular weight excluding hydrogens is 215 g/mol. The summed E-state index contributed by atoms with van der Waals surface area (Å²) in [5.41, 5.74) is 1.04. The van der Waals surface area contributed by atoms with Gasteiger partial charge < -0.3 is 4.74 Å². The minimum atomic E-state index is -0.417. The lowest BCUT2D eigenvalue weighted by atomic mass is 9.88. The van der Waals surface area contributed by atoms with E-state index in [1.54, 1.807) is 6.07 Å². The summed E-state index contributed by atoms with van der Waals surface area (Å²) in [5, 5.41) is 0.461. The smallest absolute Gasteiger partial charge is 0.166 e. The van der Waals surface area contributed by atoms with Crippen LogP contribution in [0.1, 0.15) is 26.3 Å². The largest absolute Gasteiger partial charge is 0.494 e. The number of hydrogen-bond donors (Lipinski definition) is 0. The van der Waals surface area contributed by atoms with Crippen LogP contribution >= 0.6 is 11.6 Å². The van der Waals surface area contributed by atoms with E-state index in [0.717, 1.165) is 12.0 Å². The molecule has 0 aliphatic heterocycles. The molecule has 3 heteroatoms. The highest BCUT2D eigenvalue weighted by Gasteiger charge is 2.16. The fourth-order valence-corrected chi connectivity index (χ4v) is 1.65. The summed E-state index contributed by atoms with van der Waals surface area (Å²) in [6.07, 6.45) is 0.794. The van der Waals surface area contributed by atoms with Gasteiger partial charge in [-0.05, 0) is 29.5 Å². The molecule has 1 aromatic carbocycles. The van der Waals surface area contributed by atoms with Gasteiger partial charge in [-0.25, -0.2) is 4.39 Å². The van der Waals surface area contributed by atoms with Crippen LogP contribution in [-0.4, -0.2) is 7.11 Å². The third-order valence-corrected chi connectivity index (χ3v) is 2.39. The fourth-order valence-electron chi connectivity index (χ4n) is 1.43. The summed E-state index contributed by atoms with van der Waals surface area (Å²) in [7, 11) is 1.45. The lowest BCUT2D eigenvalue weighted by Gasteiger charge is -2.19. The lowest BCUT2D eigenvalue weighted by molar-refractivity contribution is 0.381. The van der Waals surface area contributed by atoms with E-state index in [4.69, 9.17) is 16.3 Å². The Balaban J connectivity index is 3.08. The Hall–Kier alpha value is -0.760. The van der Waals surface area contributed by atoms with Crippen molar-refractivity contribution in [1.29, 1.82) is 0 Å². The fraction of sp³-hybridized carbons (Fsp3) is 0.500. The first-order valence-corrected chi connectivity index (χ1v) is 5.23. The molecule has 1 nitrogen and oxygen atoms in total. The van der Waals surface area contributed by atoms with Gasteiger partial charge in [0, 0.05) is 5.02 Å². The van der Waals surface area contributed by atoms with E-state index in [-0.39, 0.29) is 11.2 Å². The summed E-state index contributed by atoms with van der Waals surface area (Å²) in [6, 6.07) is 2.98. The Morgan fingerprint density at radius 2 is 1.93 bits per heavy atom. The monoisotopic (exact) mass is 230 g/mol. The van der Waals surface area contributed by atoms with Crippen molar-refractivity contribution in [3.63, 3.8) is 0 Å². The van der Waals surface area contributed by atoms with Crippen LogP contribution in [0.3, 0.4) is 0 Å². The van der Waals surface area contributed by atoms with Crippen molar-refractivity contribution in [1.82, 2.24) is 0 Å². The molecule has 0 bridgehead atoms. The highest BCUT2D eigenvalue weighted by atomic mass is 35.5. The molecule has 0 aliphatic rings. The third kappa shape index (κ3) is 3.38. The summed E-state index contributed by atoms with van der Waals surface area (Å²) in [5.74, 6) is -0.168. The van der Waals surface area contributed by atoms with E-state index < -0.39 is 5.82 Å². The van der Waals surface area contributed by atoms with Crippen LogP contribution < -0.4 is 4.74 Å². The molecule has 0 spiro atoms. The normalized spacial score (nSPS) is 11.6. The molecule has 0 aromatic heterocycles. The lowest BCUT2D eigenvalue weighted by Crippen LogP contribution is -2.10. The van der Waals surface area contributed by atoms with Gasteiger partial charge in [0.2, 0.25) is 0 Å². The van der Waals surface area contributed by atoms with Crippen LogP contribution in [0.4, 0.5) is 4.39 Å². The number of hydrogen-bond acceptors (Lipinski definition) is 1. The maximum Gasteiger partial charge on any atom is 0.166 e. The molecule has 0 fully saturated rings. The number of rotatable bonds is 2. The Morgan fingerprint density at radius 3 is 2.40 bits per heavy atom. The number of methoxy groups -OCH3 is 1. The Labute approximate surface area is 95.2 Å². The van der Waals surface area contributed by atoms with Gasteiger partial charge in [-0.2, -0.15) is 0 Å². The zero-order valence-corrected chi connectivity index (χ0v) is 10.3. The molecule has 0 saturated carbocycles. The van der Waals surface area contributed by atoms with Gasteiger partial charge in [-0.15, -0.1) is 0 Å². The first-order chi connectivity index (χ1) is 6.83. The zero-order chi connectivity index (χ0) is 11.6. The van der Waals surface area contributed by atoms with Crippen molar-refractivity contribution < 1.29 is 9.13 Å². The highest BCUT2D eigenvalue weighted by molar-refractivity contribution is 6.31. The number of halogens is 2. The molecule has 1 rings (SSSR count). The summed E-state index contributed by atoms with van der Waals surface area (Å²) in [4.78, 5) is 0. The minimum absolute atomic E-state index is 0.118. The van der Waals surface area contributed by atoms with Crippen molar-refractivity contribution >= 4 is 11.6 Å². The second-order valence-corrected chi connectivity index (χ2v) is 5.22. The first-order valence-electron chi connectivity index (χ1n) is 4.85. The molecular formula is C12H16ClFO. The average molecular weight is 231 g/mol. The molecule has 0 aliphatic carbocycles. The van der Waals surface area contributed by atoms with Crippen LogP contribution in [0.2, 0.25) is 5.02 Å².